The Balaban J connectivity index is 0.000000197. The Bertz CT molecular complexity index is 3960. The van der Waals surface area contributed by atoms with E-state index in [1.165, 1.54) is 12.0 Å². The van der Waals surface area contributed by atoms with Gasteiger partial charge in [-0.15, -0.1) is 13.2 Å². The van der Waals surface area contributed by atoms with Gasteiger partial charge in [-0.3, -0.25) is 34.0 Å². The van der Waals surface area contributed by atoms with Gasteiger partial charge in [0.25, 0.3) is 0 Å². The molecule has 542 valence electrons. The number of benzene rings is 7. The van der Waals surface area contributed by atoms with Crippen LogP contribution in [-0.4, -0.2) is 134 Å². The van der Waals surface area contributed by atoms with Gasteiger partial charge in [-0.05, 0) is 86.4 Å². The average molecular weight is 1410 g/mol. The van der Waals surface area contributed by atoms with Crippen molar-refractivity contribution in [3.05, 3.63) is 277 Å². The second kappa shape index (κ2) is 38.9. The summed E-state index contributed by atoms with van der Waals surface area (Å²) in [4.78, 5) is 112. The number of esters is 4. The zero-order valence-electron chi connectivity index (χ0n) is 58.8. The fourth-order valence-corrected chi connectivity index (χ4v) is 11.3. The van der Waals surface area contributed by atoms with E-state index >= 15 is 0 Å². The van der Waals surface area contributed by atoms with E-state index in [1.54, 1.807) is 106 Å². The molecular formula is C80H90N6O17. The summed E-state index contributed by atoms with van der Waals surface area (Å²) in [6, 6.07) is 64.0. The van der Waals surface area contributed by atoms with Crippen molar-refractivity contribution in [1.29, 1.82) is 0 Å². The highest BCUT2D eigenvalue weighted by Gasteiger charge is 2.55. The fraction of sp³-hybridized carbons (Fsp3) is 0.300. The first-order valence-electron chi connectivity index (χ1n) is 33.2. The number of Topliss-reactive ketones (excluding diaryl/α,β-unsaturated/α-hetero) is 1. The summed E-state index contributed by atoms with van der Waals surface area (Å²) in [5.74, 6) is -2.73. The minimum absolute atomic E-state index is 0.0479. The number of nitrogens with two attached hydrogens (primary N) is 2. The summed E-state index contributed by atoms with van der Waals surface area (Å²) in [6.45, 7) is 17.2. The maximum atomic E-state index is 12.3. The molecule has 4 aliphatic rings. The van der Waals surface area contributed by atoms with Gasteiger partial charge in [-0.2, -0.15) is 0 Å². The number of rotatable bonds is 21. The summed E-state index contributed by atoms with van der Waals surface area (Å²) in [6.07, 6.45) is 4.98. The van der Waals surface area contributed by atoms with Gasteiger partial charge in [0.1, 0.15) is 60.2 Å². The van der Waals surface area contributed by atoms with Gasteiger partial charge >= 0.3 is 48.1 Å². The number of ether oxygens (including phenoxy) is 7. The monoisotopic (exact) mass is 1410 g/mol. The van der Waals surface area contributed by atoms with Crippen LogP contribution in [0.4, 0.5) is 14.4 Å². The van der Waals surface area contributed by atoms with Crippen LogP contribution in [0.25, 0.3) is 0 Å². The smallest absolute Gasteiger partial charge is 0.411 e. The molecule has 6 unspecified atom stereocenters. The highest BCUT2D eigenvalue weighted by molar-refractivity contribution is 5.91. The van der Waals surface area contributed by atoms with Crippen LogP contribution in [0.2, 0.25) is 0 Å². The molecule has 6 atom stereocenters. The first kappa shape index (κ1) is 80.4. The van der Waals surface area contributed by atoms with Crippen LogP contribution in [0, 0.1) is 0 Å². The minimum atomic E-state index is -1.13. The number of nitrogens with zero attached hydrogens (tertiary/aromatic N) is 3. The third-order valence-corrected chi connectivity index (χ3v) is 16.4. The maximum absolute atomic E-state index is 12.3. The number of carboxylic acid groups (broad SMARTS) is 1. The largest absolute Gasteiger partial charge is 0.480 e. The zero-order chi connectivity index (χ0) is 75.1. The van der Waals surface area contributed by atoms with E-state index in [-0.39, 0.29) is 56.7 Å². The fourth-order valence-electron chi connectivity index (χ4n) is 11.3. The highest BCUT2D eigenvalue weighted by atomic mass is 16.6. The van der Waals surface area contributed by atoms with Crippen molar-refractivity contribution in [3.63, 3.8) is 0 Å². The number of fused-ring (bicyclic) bond motifs is 1. The molecule has 3 amide bonds. The molecule has 4 saturated heterocycles. The molecule has 7 aromatic rings. The lowest BCUT2D eigenvalue weighted by atomic mass is 9.86. The SMILES string of the molecule is C=CCC(N)(C(=O)OCC)c1ccccc1.C=CCC1(c2ccccc2)COC(=O)N1.CCOC(=O)C(N=Cc1ccccc1)c1ccccc1.COC(=O)CC1(c2ccccc2)COC(=O)N1CC(=O)OC(C)(C)C.NC(C(=O)O)c1ccccc1.O=C1CN2C(=O)OCC2(c2ccccc2)C1. The molecule has 23 nitrogen and oxygen atoms in total. The Morgan fingerprint density at radius 1 is 0.641 bits per heavy atom. The number of ketones is 1. The molecule has 23 heteroatoms. The predicted molar refractivity (Wildman–Crippen MR) is 386 cm³/mol. The van der Waals surface area contributed by atoms with Crippen LogP contribution >= 0.6 is 0 Å². The lowest BCUT2D eigenvalue weighted by Gasteiger charge is -2.35. The Labute approximate surface area is 600 Å². The van der Waals surface area contributed by atoms with E-state index in [0.29, 0.717) is 50.2 Å². The molecule has 0 aromatic heterocycles. The molecule has 0 spiro atoms. The lowest BCUT2D eigenvalue weighted by Crippen LogP contribution is -2.49. The van der Waals surface area contributed by atoms with Crippen LogP contribution < -0.4 is 16.8 Å². The number of hydrogen-bond acceptors (Lipinski definition) is 19. The van der Waals surface area contributed by atoms with Crippen molar-refractivity contribution in [3.8, 4) is 0 Å². The van der Waals surface area contributed by atoms with Gasteiger partial charge in [0.15, 0.2) is 11.8 Å². The topological polar surface area (TPSA) is 321 Å². The molecule has 0 bridgehead atoms. The number of carboxylic acids is 1. The Hall–Kier alpha value is -11.6. The number of amides is 3. The van der Waals surface area contributed by atoms with Crippen molar-refractivity contribution in [1.82, 2.24) is 15.1 Å². The molecule has 0 aliphatic carbocycles. The average Bonchev–Trinajstić information content (AvgIpc) is 1.58. The summed E-state index contributed by atoms with van der Waals surface area (Å²) in [7, 11) is 1.27. The van der Waals surface area contributed by atoms with Gasteiger partial charge in [0.2, 0.25) is 0 Å². The Morgan fingerprint density at radius 2 is 1.15 bits per heavy atom. The highest BCUT2D eigenvalue weighted by Crippen LogP contribution is 2.42. The van der Waals surface area contributed by atoms with Crippen LogP contribution in [0.1, 0.15) is 111 Å². The second-order valence-corrected chi connectivity index (χ2v) is 24.8. The molecule has 0 saturated carbocycles. The first-order chi connectivity index (χ1) is 49.3. The number of methoxy groups -OCH3 is 1. The molecule has 0 radical (unpaired) electrons. The van der Waals surface area contributed by atoms with Crippen LogP contribution in [0.3, 0.4) is 0 Å². The minimum Gasteiger partial charge on any atom is -0.480 e. The van der Waals surface area contributed by atoms with Crippen molar-refractivity contribution in [2.45, 2.75) is 100 Å². The third kappa shape index (κ3) is 22.5. The summed E-state index contributed by atoms with van der Waals surface area (Å²) >= 11 is 0. The quantitative estimate of drug-likeness (QED) is 0.0225. The number of cyclic esters (lactones) is 3. The van der Waals surface area contributed by atoms with Crippen molar-refractivity contribution in [2.75, 3.05) is 53.2 Å². The van der Waals surface area contributed by atoms with E-state index in [4.69, 9.17) is 49.7 Å². The number of carbonyl (C=O) groups excluding carboxylic acids is 8. The molecule has 11 rings (SSSR count). The van der Waals surface area contributed by atoms with Crippen molar-refractivity contribution >= 4 is 60.1 Å². The van der Waals surface area contributed by atoms with Gasteiger partial charge in [0, 0.05) is 12.6 Å². The maximum Gasteiger partial charge on any atom is 0.411 e. The predicted octanol–water partition coefficient (Wildman–Crippen LogP) is 11.9. The summed E-state index contributed by atoms with van der Waals surface area (Å²) < 4.78 is 35.4. The van der Waals surface area contributed by atoms with E-state index < -0.39 is 69.8 Å². The Kier molecular flexibility index (Phi) is 30.3. The zero-order valence-corrected chi connectivity index (χ0v) is 58.8. The lowest BCUT2D eigenvalue weighted by molar-refractivity contribution is -0.157. The first-order valence-corrected chi connectivity index (χ1v) is 33.2. The second-order valence-electron chi connectivity index (χ2n) is 24.8. The van der Waals surface area contributed by atoms with Crippen molar-refractivity contribution < 1.29 is 81.4 Å². The third-order valence-electron chi connectivity index (χ3n) is 16.4. The standard InChI is InChI=1S/C18H23NO6.C17H17NO2.C13H17NO2.C12H11NO3.C12H13NO2.C8H9NO2/c1-17(2,3)25-15(21)11-19-16(22)24-12-18(19,10-14(20)23-4)13-8-6-5-7-9-13;1-2-20-17(19)16(15-11-7-4-8-12-15)18-13-14-9-5-3-6-10-14;1-3-10-13(14,12(15)16-4-2)11-8-6-5-7-9-11;14-10-6-12(9-4-2-1-3-5-9)8-16-11(15)13(12)7-10;1-2-8-12(9-15-11(14)13-12)10-6-4-3-5-7-10;9-7(8(10)11)6-4-2-1-3-5-6/h5-9H,10-12H2,1-4H3;3-13,16H,2H2,1H3;3,5-9H,1,4,10,14H2,2H3;1-5H,6-8H2;2-7H,1,8-9H2,(H,13,14);1-5,7H,9H2,(H,10,11). The van der Waals surface area contributed by atoms with Gasteiger partial charge in [-0.1, -0.05) is 224 Å². The van der Waals surface area contributed by atoms with Crippen LogP contribution in [0.15, 0.2) is 243 Å². The number of hydrogen-bond donors (Lipinski definition) is 4. The molecule has 7 aromatic carbocycles. The molecule has 6 N–H and O–H groups in total. The van der Waals surface area contributed by atoms with Gasteiger partial charge in [-0.25, -0.2) is 24.0 Å². The van der Waals surface area contributed by atoms with Crippen LogP contribution in [0.5, 0.6) is 0 Å². The molecular weight excluding hydrogens is 1320 g/mol. The van der Waals surface area contributed by atoms with Crippen LogP contribution in [-0.2, 0) is 84.1 Å². The number of aliphatic imine (C=N–C) groups is 1. The number of alkyl carbamates (subject to hydrolysis) is 1. The molecule has 103 heavy (non-hydrogen) atoms. The molecule has 4 aliphatic heterocycles. The van der Waals surface area contributed by atoms with E-state index in [9.17, 15) is 43.2 Å². The van der Waals surface area contributed by atoms with E-state index in [0.717, 1.165) is 27.8 Å². The number of nitrogens with one attached hydrogen (secondary N) is 1. The summed E-state index contributed by atoms with van der Waals surface area (Å²) in [5, 5.41) is 11.4. The number of carbonyl (C=O) groups is 9. The normalized spacial score (nSPS) is 18.7. The van der Waals surface area contributed by atoms with E-state index in [2.05, 4.69) is 23.5 Å². The molecule has 4 heterocycles. The Morgan fingerprint density at radius 3 is 1.64 bits per heavy atom. The van der Waals surface area contributed by atoms with Gasteiger partial charge in [0.05, 0.1) is 33.3 Å². The van der Waals surface area contributed by atoms with E-state index in [1.807, 2.05) is 164 Å². The summed E-state index contributed by atoms with van der Waals surface area (Å²) in [5.41, 5.74) is 13.4. The molecule has 4 fully saturated rings. The van der Waals surface area contributed by atoms with Gasteiger partial charge < -0.3 is 55.0 Å². The number of aliphatic carboxylic acids is 1. The van der Waals surface area contributed by atoms with Crippen molar-refractivity contribution in [2.24, 2.45) is 16.5 Å².